The van der Waals surface area contributed by atoms with Gasteiger partial charge in [-0.05, 0) is 55.0 Å². The summed E-state index contributed by atoms with van der Waals surface area (Å²) in [5.74, 6) is 0.101. The lowest BCUT2D eigenvalue weighted by atomic mass is 10.2. The van der Waals surface area contributed by atoms with Gasteiger partial charge in [-0.1, -0.05) is 11.6 Å². The van der Waals surface area contributed by atoms with E-state index in [1.165, 1.54) is 6.21 Å². The van der Waals surface area contributed by atoms with E-state index in [9.17, 15) is 9.59 Å². The summed E-state index contributed by atoms with van der Waals surface area (Å²) < 4.78 is 10.9. The molecule has 0 radical (unpaired) electrons. The highest BCUT2D eigenvalue weighted by Crippen LogP contribution is 2.29. The number of esters is 1. The number of urea groups is 1. The van der Waals surface area contributed by atoms with Crippen molar-refractivity contribution in [2.75, 3.05) is 6.61 Å². The minimum Gasteiger partial charge on any atom is -0.490 e. The molecule has 0 aliphatic carbocycles. The van der Waals surface area contributed by atoms with Crippen molar-refractivity contribution in [1.82, 2.24) is 5.43 Å². The number of nitrogens with zero attached hydrogens (tertiary/aromatic N) is 1. The molecule has 0 bridgehead atoms. The molecule has 3 N–H and O–H groups in total. The molecule has 0 aromatic heterocycles. The van der Waals surface area contributed by atoms with E-state index in [1.807, 2.05) is 0 Å². The first-order valence-corrected chi connectivity index (χ1v) is 7.70. The van der Waals surface area contributed by atoms with Crippen LogP contribution in [-0.2, 0) is 0 Å². The molecular formula is C17H16ClN3O4. The van der Waals surface area contributed by atoms with Gasteiger partial charge in [-0.3, -0.25) is 0 Å². The number of benzene rings is 2. The van der Waals surface area contributed by atoms with Crippen LogP contribution in [0.25, 0.3) is 0 Å². The molecule has 0 aliphatic rings. The number of carbonyl (C=O) groups excluding carboxylic acids is 2. The maximum absolute atomic E-state index is 12.2. The number of amides is 2. The zero-order valence-corrected chi connectivity index (χ0v) is 14.1. The summed E-state index contributed by atoms with van der Waals surface area (Å²) in [6.07, 6.45) is 1.39. The number of carbonyl (C=O) groups is 2. The number of primary amides is 1. The van der Waals surface area contributed by atoms with Gasteiger partial charge in [0.25, 0.3) is 0 Å². The number of ether oxygens (including phenoxy) is 2. The Morgan fingerprint density at radius 3 is 2.56 bits per heavy atom. The number of hydrogen-bond donors (Lipinski definition) is 2. The highest BCUT2D eigenvalue weighted by atomic mass is 35.5. The number of hydrazone groups is 1. The molecule has 7 nitrogen and oxygen atoms in total. The lowest BCUT2D eigenvalue weighted by Crippen LogP contribution is -2.24. The topological polar surface area (TPSA) is 103 Å². The quantitative estimate of drug-likeness (QED) is 0.357. The summed E-state index contributed by atoms with van der Waals surface area (Å²) in [6, 6.07) is 10.4. The normalized spacial score (nSPS) is 10.5. The number of nitrogens with two attached hydrogens (primary N) is 1. The van der Waals surface area contributed by atoms with Gasteiger partial charge < -0.3 is 15.2 Å². The number of nitrogens with one attached hydrogen (secondary N) is 1. The number of halogens is 1. The van der Waals surface area contributed by atoms with Gasteiger partial charge in [0.05, 0.1) is 18.4 Å². The predicted molar refractivity (Wildman–Crippen MR) is 94.3 cm³/mol. The van der Waals surface area contributed by atoms with Crippen LogP contribution in [0, 0.1) is 0 Å². The van der Waals surface area contributed by atoms with Crippen molar-refractivity contribution < 1.29 is 19.1 Å². The van der Waals surface area contributed by atoms with Crippen molar-refractivity contribution in [1.29, 1.82) is 0 Å². The molecule has 0 heterocycles. The smallest absolute Gasteiger partial charge is 0.343 e. The second-order valence-corrected chi connectivity index (χ2v) is 5.21. The van der Waals surface area contributed by atoms with Crippen molar-refractivity contribution in [2.24, 2.45) is 10.8 Å². The van der Waals surface area contributed by atoms with E-state index in [4.69, 9.17) is 26.8 Å². The lowest BCUT2D eigenvalue weighted by molar-refractivity contribution is 0.0728. The molecule has 0 atom stereocenters. The summed E-state index contributed by atoms with van der Waals surface area (Å²) in [5.41, 5.74) is 8.01. The highest BCUT2D eigenvalue weighted by molar-refractivity contribution is 6.30. The van der Waals surface area contributed by atoms with Gasteiger partial charge >= 0.3 is 12.0 Å². The SMILES string of the molecule is CCOc1cc(C=NNC(N)=O)ccc1OC(=O)c1ccc(Cl)cc1. The number of rotatable bonds is 6. The van der Waals surface area contributed by atoms with Gasteiger partial charge in [0, 0.05) is 5.02 Å². The zero-order valence-electron chi connectivity index (χ0n) is 13.4. The number of hydrogen-bond acceptors (Lipinski definition) is 5. The average molecular weight is 362 g/mol. The van der Waals surface area contributed by atoms with Gasteiger partial charge in [-0.25, -0.2) is 15.0 Å². The Balaban J connectivity index is 2.18. The minimum absolute atomic E-state index is 0.266. The maximum Gasteiger partial charge on any atom is 0.343 e. The van der Waals surface area contributed by atoms with E-state index >= 15 is 0 Å². The van der Waals surface area contributed by atoms with Crippen molar-refractivity contribution in [2.45, 2.75) is 6.92 Å². The Kier molecular flexibility index (Phi) is 6.36. The molecule has 0 unspecified atom stereocenters. The fourth-order valence-electron chi connectivity index (χ4n) is 1.87. The molecule has 2 amide bonds. The molecule has 2 rings (SSSR count). The summed E-state index contributed by atoms with van der Waals surface area (Å²) >= 11 is 5.80. The fourth-order valence-corrected chi connectivity index (χ4v) is 2.00. The molecule has 0 fully saturated rings. The molecule has 2 aromatic carbocycles. The molecule has 0 saturated carbocycles. The van der Waals surface area contributed by atoms with E-state index in [0.29, 0.717) is 28.5 Å². The van der Waals surface area contributed by atoms with Crippen LogP contribution in [-0.4, -0.2) is 24.8 Å². The van der Waals surface area contributed by atoms with Gasteiger partial charge in [-0.15, -0.1) is 0 Å². The summed E-state index contributed by atoms with van der Waals surface area (Å²) in [6.45, 7) is 2.19. The summed E-state index contributed by atoms with van der Waals surface area (Å²) in [7, 11) is 0. The van der Waals surface area contributed by atoms with Crippen LogP contribution in [0.2, 0.25) is 5.02 Å². The average Bonchev–Trinajstić information content (AvgIpc) is 2.57. The molecule has 130 valence electrons. The molecule has 0 saturated heterocycles. The standard InChI is InChI=1S/C17H16ClN3O4/c1-2-24-15-9-11(10-20-21-17(19)23)3-8-14(15)25-16(22)12-4-6-13(18)7-5-12/h3-10H,2H2,1H3,(H3,19,21,23). The highest BCUT2D eigenvalue weighted by Gasteiger charge is 2.13. The van der Waals surface area contributed by atoms with Crippen LogP contribution in [0.1, 0.15) is 22.8 Å². The van der Waals surface area contributed by atoms with Crippen LogP contribution in [0.3, 0.4) is 0 Å². The van der Waals surface area contributed by atoms with Crippen LogP contribution >= 0.6 is 11.6 Å². The second-order valence-electron chi connectivity index (χ2n) is 4.77. The van der Waals surface area contributed by atoms with E-state index in [-0.39, 0.29) is 5.75 Å². The first-order valence-electron chi connectivity index (χ1n) is 7.32. The third-order valence-electron chi connectivity index (χ3n) is 2.94. The van der Waals surface area contributed by atoms with Crippen LogP contribution in [0.15, 0.2) is 47.6 Å². The van der Waals surface area contributed by atoms with Crippen molar-refractivity contribution in [3.63, 3.8) is 0 Å². The zero-order chi connectivity index (χ0) is 18.2. The van der Waals surface area contributed by atoms with Crippen molar-refractivity contribution in [3.8, 4) is 11.5 Å². The first kappa shape index (κ1) is 18.3. The van der Waals surface area contributed by atoms with Gasteiger partial charge in [0.15, 0.2) is 11.5 Å². The van der Waals surface area contributed by atoms with Crippen LogP contribution in [0.5, 0.6) is 11.5 Å². The second kappa shape index (κ2) is 8.70. The third kappa shape index (κ3) is 5.50. The van der Waals surface area contributed by atoms with Crippen molar-refractivity contribution in [3.05, 3.63) is 58.6 Å². The third-order valence-corrected chi connectivity index (χ3v) is 3.19. The van der Waals surface area contributed by atoms with Crippen LogP contribution in [0.4, 0.5) is 4.79 Å². The van der Waals surface area contributed by atoms with Gasteiger partial charge in [0.1, 0.15) is 0 Å². The Hall–Kier alpha value is -3.06. The Morgan fingerprint density at radius 2 is 1.92 bits per heavy atom. The first-order chi connectivity index (χ1) is 12.0. The summed E-state index contributed by atoms with van der Waals surface area (Å²) in [4.78, 5) is 22.8. The van der Waals surface area contributed by atoms with Gasteiger partial charge in [0.2, 0.25) is 0 Å². The Morgan fingerprint density at radius 1 is 1.20 bits per heavy atom. The molecular weight excluding hydrogens is 346 g/mol. The fraction of sp³-hybridized carbons (Fsp3) is 0.118. The molecule has 25 heavy (non-hydrogen) atoms. The van der Waals surface area contributed by atoms with Crippen molar-refractivity contribution >= 4 is 29.8 Å². The minimum atomic E-state index is -0.769. The van der Waals surface area contributed by atoms with E-state index in [2.05, 4.69) is 10.5 Å². The van der Waals surface area contributed by atoms with Crippen LogP contribution < -0.4 is 20.6 Å². The molecule has 0 spiro atoms. The van der Waals surface area contributed by atoms with E-state index < -0.39 is 12.0 Å². The summed E-state index contributed by atoms with van der Waals surface area (Å²) in [5, 5.41) is 4.19. The largest absolute Gasteiger partial charge is 0.490 e. The Labute approximate surface area is 149 Å². The molecule has 0 aliphatic heterocycles. The predicted octanol–water partition coefficient (Wildman–Crippen LogP) is 2.96. The van der Waals surface area contributed by atoms with E-state index in [0.717, 1.165) is 0 Å². The van der Waals surface area contributed by atoms with Gasteiger partial charge in [-0.2, -0.15) is 5.10 Å². The molecule has 2 aromatic rings. The Bertz CT molecular complexity index is 791. The monoisotopic (exact) mass is 361 g/mol. The van der Waals surface area contributed by atoms with E-state index in [1.54, 1.807) is 49.4 Å². The lowest BCUT2D eigenvalue weighted by Gasteiger charge is -2.11. The molecule has 8 heteroatoms. The maximum atomic E-state index is 12.2.